The van der Waals surface area contributed by atoms with Crippen molar-refractivity contribution >= 4 is 22.5 Å². The van der Waals surface area contributed by atoms with E-state index in [0.717, 1.165) is 17.5 Å². The predicted molar refractivity (Wildman–Crippen MR) is 92.4 cm³/mol. The van der Waals surface area contributed by atoms with Gasteiger partial charge < -0.3 is 4.74 Å². The van der Waals surface area contributed by atoms with Gasteiger partial charge in [0.15, 0.2) is 5.82 Å². The minimum Gasteiger partial charge on any atom is -0.486 e. The van der Waals surface area contributed by atoms with Crippen LogP contribution in [0.3, 0.4) is 0 Å². The van der Waals surface area contributed by atoms with Crippen LogP contribution in [0, 0.1) is 11.6 Å². The molecule has 0 unspecified atom stereocenters. The number of rotatable bonds is 4. The summed E-state index contributed by atoms with van der Waals surface area (Å²) in [5, 5.41) is 9.22. The number of benzene rings is 2. The van der Waals surface area contributed by atoms with Crippen molar-refractivity contribution < 1.29 is 13.5 Å². The fourth-order valence-electron chi connectivity index (χ4n) is 2.52. The summed E-state index contributed by atoms with van der Waals surface area (Å²) in [7, 11) is 0. The monoisotopic (exact) mass is 372 g/mol. The van der Waals surface area contributed by atoms with Gasteiger partial charge in [-0.2, -0.15) is 0 Å². The van der Waals surface area contributed by atoms with E-state index in [1.165, 1.54) is 16.9 Å². The fraction of sp³-hybridized carbons (Fsp3) is 0.0556. The van der Waals surface area contributed by atoms with Crippen molar-refractivity contribution in [3.8, 4) is 11.4 Å². The van der Waals surface area contributed by atoms with Crippen molar-refractivity contribution in [2.75, 3.05) is 0 Å². The van der Waals surface area contributed by atoms with Crippen molar-refractivity contribution in [1.29, 1.82) is 0 Å². The van der Waals surface area contributed by atoms with Crippen LogP contribution in [-0.4, -0.2) is 20.0 Å². The Bertz CT molecular complexity index is 1100. The Morgan fingerprint density at radius 2 is 1.96 bits per heavy atom. The summed E-state index contributed by atoms with van der Waals surface area (Å²) in [5.41, 5.74) is 1.31. The third-order valence-electron chi connectivity index (χ3n) is 3.74. The summed E-state index contributed by atoms with van der Waals surface area (Å²) < 4.78 is 33.9. The summed E-state index contributed by atoms with van der Waals surface area (Å²) in [4.78, 5) is 4.25. The van der Waals surface area contributed by atoms with Crippen LogP contribution in [0.15, 0.2) is 54.9 Å². The maximum atomic E-state index is 13.8. The third kappa shape index (κ3) is 3.21. The second kappa shape index (κ2) is 6.68. The van der Waals surface area contributed by atoms with Gasteiger partial charge in [0.25, 0.3) is 0 Å². The molecule has 8 heteroatoms. The van der Waals surface area contributed by atoms with Crippen LogP contribution in [-0.2, 0) is 6.61 Å². The molecule has 0 saturated carbocycles. The van der Waals surface area contributed by atoms with Gasteiger partial charge in [-0.05, 0) is 36.4 Å². The molecule has 2 aromatic heterocycles. The number of nitrogens with zero attached hydrogens (tertiary/aromatic N) is 4. The molecule has 0 fully saturated rings. The summed E-state index contributed by atoms with van der Waals surface area (Å²) in [6.07, 6.45) is 3.15. The minimum atomic E-state index is -0.723. The zero-order chi connectivity index (χ0) is 18.1. The number of ether oxygens (including phenoxy) is 1. The van der Waals surface area contributed by atoms with E-state index in [1.807, 2.05) is 6.07 Å². The van der Waals surface area contributed by atoms with E-state index in [2.05, 4.69) is 15.3 Å². The summed E-state index contributed by atoms with van der Waals surface area (Å²) >= 11 is 5.97. The first-order valence-electron chi connectivity index (χ1n) is 7.64. The van der Waals surface area contributed by atoms with Gasteiger partial charge in [0, 0.05) is 22.7 Å². The Kier molecular flexibility index (Phi) is 4.22. The lowest BCUT2D eigenvalue weighted by molar-refractivity contribution is 0.304. The molecule has 0 amide bonds. The van der Waals surface area contributed by atoms with Gasteiger partial charge in [-0.3, -0.25) is 4.98 Å². The Morgan fingerprint density at radius 3 is 2.81 bits per heavy atom. The molecular formula is C18H11ClF2N4O. The van der Waals surface area contributed by atoms with Crippen LogP contribution in [0.25, 0.3) is 16.6 Å². The molecule has 0 bridgehead atoms. The Balaban J connectivity index is 1.55. The average Bonchev–Trinajstić information content (AvgIpc) is 3.08. The highest BCUT2D eigenvalue weighted by Crippen LogP contribution is 2.26. The molecule has 0 spiro atoms. The molecule has 0 N–H and O–H groups in total. The number of aromatic nitrogens is 4. The first-order chi connectivity index (χ1) is 12.6. The molecule has 4 aromatic rings. The third-order valence-corrected chi connectivity index (χ3v) is 3.97. The van der Waals surface area contributed by atoms with E-state index in [9.17, 15) is 8.78 Å². The van der Waals surface area contributed by atoms with Gasteiger partial charge >= 0.3 is 0 Å². The van der Waals surface area contributed by atoms with Gasteiger partial charge in [-0.25, -0.2) is 13.5 Å². The molecule has 5 nitrogen and oxygen atoms in total. The van der Waals surface area contributed by atoms with Crippen LogP contribution < -0.4 is 4.74 Å². The van der Waals surface area contributed by atoms with Gasteiger partial charge in [0.2, 0.25) is 0 Å². The van der Waals surface area contributed by atoms with Gasteiger partial charge in [-0.15, -0.1) is 5.10 Å². The van der Waals surface area contributed by atoms with E-state index in [4.69, 9.17) is 16.3 Å². The van der Waals surface area contributed by atoms with Gasteiger partial charge in [0.1, 0.15) is 29.6 Å². The summed E-state index contributed by atoms with van der Waals surface area (Å²) in [6.45, 7) is 0.130. The Labute approximate surface area is 151 Å². The second-order valence-electron chi connectivity index (χ2n) is 5.51. The van der Waals surface area contributed by atoms with Crippen molar-refractivity contribution in [1.82, 2.24) is 20.0 Å². The Hall–Kier alpha value is -3.06. The topological polar surface area (TPSA) is 52.8 Å². The maximum Gasteiger partial charge on any atom is 0.151 e. The fourth-order valence-corrected chi connectivity index (χ4v) is 2.69. The molecule has 0 saturated heterocycles. The highest BCUT2D eigenvalue weighted by molar-refractivity contribution is 6.31. The van der Waals surface area contributed by atoms with Crippen LogP contribution >= 0.6 is 11.6 Å². The van der Waals surface area contributed by atoms with Gasteiger partial charge in [-0.1, -0.05) is 16.8 Å². The van der Waals surface area contributed by atoms with E-state index >= 15 is 0 Å². The van der Waals surface area contributed by atoms with E-state index < -0.39 is 11.6 Å². The predicted octanol–water partition coefficient (Wildman–Crippen LogP) is 4.33. The lowest BCUT2D eigenvalue weighted by atomic mass is 10.2. The number of hydrogen-bond acceptors (Lipinski definition) is 4. The molecule has 0 atom stereocenters. The van der Waals surface area contributed by atoms with Crippen LogP contribution in [0.1, 0.15) is 5.69 Å². The SMILES string of the molecule is Fc1ccc(-n2cc(COc3ccnc4cc(Cl)ccc34)nn2)c(F)c1. The number of halogens is 3. The molecule has 0 aliphatic rings. The van der Waals surface area contributed by atoms with E-state index in [0.29, 0.717) is 22.0 Å². The van der Waals surface area contributed by atoms with Gasteiger partial charge in [0.05, 0.1) is 11.7 Å². The molecule has 0 aliphatic heterocycles. The normalized spacial score (nSPS) is 11.0. The Morgan fingerprint density at radius 1 is 1.08 bits per heavy atom. The van der Waals surface area contributed by atoms with Crippen molar-refractivity contribution in [2.45, 2.75) is 6.61 Å². The molecular weight excluding hydrogens is 362 g/mol. The number of fused-ring (bicyclic) bond motifs is 1. The zero-order valence-electron chi connectivity index (χ0n) is 13.2. The molecule has 2 aromatic carbocycles. The minimum absolute atomic E-state index is 0.106. The molecule has 26 heavy (non-hydrogen) atoms. The highest BCUT2D eigenvalue weighted by Gasteiger charge is 2.10. The zero-order valence-corrected chi connectivity index (χ0v) is 14.0. The van der Waals surface area contributed by atoms with E-state index in [1.54, 1.807) is 24.4 Å². The molecule has 4 rings (SSSR count). The first-order valence-corrected chi connectivity index (χ1v) is 8.02. The molecule has 0 aliphatic carbocycles. The molecule has 130 valence electrons. The molecule has 2 heterocycles. The standard InChI is InChI=1S/C18H11ClF2N4O/c19-11-1-3-14-16(7-11)22-6-5-18(14)26-10-13-9-25(24-23-13)17-4-2-12(20)8-15(17)21/h1-9H,10H2. The van der Waals surface area contributed by atoms with Crippen molar-refractivity contribution in [3.05, 3.63) is 77.2 Å². The van der Waals surface area contributed by atoms with Crippen molar-refractivity contribution in [2.24, 2.45) is 0 Å². The maximum absolute atomic E-state index is 13.8. The average molecular weight is 373 g/mol. The number of hydrogen-bond donors (Lipinski definition) is 0. The van der Waals surface area contributed by atoms with E-state index in [-0.39, 0.29) is 12.3 Å². The molecule has 0 radical (unpaired) electrons. The van der Waals surface area contributed by atoms with Crippen LogP contribution in [0.4, 0.5) is 8.78 Å². The second-order valence-corrected chi connectivity index (χ2v) is 5.95. The van der Waals surface area contributed by atoms with Crippen LogP contribution in [0.2, 0.25) is 5.02 Å². The quantitative estimate of drug-likeness (QED) is 0.535. The van der Waals surface area contributed by atoms with Crippen molar-refractivity contribution in [3.63, 3.8) is 0 Å². The smallest absolute Gasteiger partial charge is 0.151 e. The lowest BCUT2D eigenvalue weighted by Crippen LogP contribution is -1.99. The lowest BCUT2D eigenvalue weighted by Gasteiger charge is -2.07. The number of pyridine rings is 1. The first kappa shape index (κ1) is 16.4. The largest absolute Gasteiger partial charge is 0.486 e. The van der Waals surface area contributed by atoms with Crippen LogP contribution in [0.5, 0.6) is 5.75 Å². The highest BCUT2D eigenvalue weighted by atomic mass is 35.5. The summed E-state index contributed by atoms with van der Waals surface area (Å²) in [5.74, 6) is -0.756. The summed E-state index contributed by atoms with van der Waals surface area (Å²) in [6, 6.07) is 10.3.